The van der Waals surface area contributed by atoms with Crippen LogP contribution in [0.4, 0.5) is 13.2 Å². The van der Waals surface area contributed by atoms with Crippen LogP contribution in [0.25, 0.3) is 0 Å². The standard InChI is InChI=1S/C15H18F3N5O2/c1-25-11-6-12(13-19-3-4-20-13)23(9-11)14(24)10-7-21-22(8-10)5-2-15(16,17)18/h3-4,7-8,11-12H,2,5-6,9H2,1H3,(H,19,20)/t11-,12?/m1/s1. The first kappa shape index (κ1) is 17.5. The molecule has 2 atom stereocenters. The van der Waals surface area contributed by atoms with Crippen LogP contribution in [0.2, 0.25) is 0 Å². The van der Waals surface area contributed by atoms with Crippen molar-refractivity contribution in [2.24, 2.45) is 0 Å². The summed E-state index contributed by atoms with van der Waals surface area (Å²) in [6.07, 6.45) is 1.12. The number of alkyl halides is 3. The number of H-pyrrole nitrogens is 1. The summed E-state index contributed by atoms with van der Waals surface area (Å²) in [5.74, 6) is 0.344. The lowest BCUT2D eigenvalue weighted by Gasteiger charge is -2.22. The Morgan fingerprint density at radius 1 is 1.48 bits per heavy atom. The molecule has 25 heavy (non-hydrogen) atoms. The Balaban J connectivity index is 1.74. The summed E-state index contributed by atoms with van der Waals surface area (Å²) in [5.41, 5.74) is 0.246. The molecule has 10 heteroatoms. The van der Waals surface area contributed by atoms with Crippen molar-refractivity contribution in [2.45, 2.75) is 37.7 Å². The smallest absolute Gasteiger partial charge is 0.380 e. The number of carbonyl (C=O) groups excluding carboxylic acids is 1. The molecular formula is C15H18F3N5O2. The van der Waals surface area contributed by atoms with Crippen molar-refractivity contribution in [3.8, 4) is 0 Å². The van der Waals surface area contributed by atoms with E-state index < -0.39 is 12.6 Å². The van der Waals surface area contributed by atoms with Gasteiger partial charge in [-0.05, 0) is 0 Å². The molecule has 1 saturated heterocycles. The van der Waals surface area contributed by atoms with E-state index in [1.54, 1.807) is 24.4 Å². The molecule has 1 aliphatic heterocycles. The van der Waals surface area contributed by atoms with Crippen molar-refractivity contribution in [3.05, 3.63) is 36.2 Å². The van der Waals surface area contributed by atoms with Gasteiger partial charge >= 0.3 is 6.18 Å². The van der Waals surface area contributed by atoms with Gasteiger partial charge in [-0.3, -0.25) is 9.48 Å². The topological polar surface area (TPSA) is 76.0 Å². The fourth-order valence-electron chi connectivity index (χ4n) is 2.92. The minimum absolute atomic E-state index is 0.126. The average molecular weight is 357 g/mol. The van der Waals surface area contributed by atoms with Crippen LogP contribution in [0.3, 0.4) is 0 Å². The number of likely N-dealkylation sites (tertiary alicyclic amines) is 1. The number of imidazole rings is 1. The minimum atomic E-state index is -4.26. The second-order valence-electron chi connectivity index (χ2n) is 5.90. The molecule has 3 heterocycles. The van der Waals surface area contributed by atoms with Crippen molar-refractivity contribution >= 4 is 5.91 Å². The van der Waals surface area contributed by atoms with Crippen LogP contribution in [0.15, 0.2) is 24.8 Å². The molecule has 1 aliphatic rings. The number of aromatic nitrogens is 4. The normalized spacial score (nSPS) is 21.0. The van der Waals surface area contributed by atoms with E-state index >= 15 is 0 Å². The summed E-state index contributed by atoms with van der Waals surface area (Å²) < 4.78 is 43.4. The third kappa shape index (κ3) is 4.01. The third-order valence-corrected chi connectivity index (χ3v) is 4.20. The predicted octanol–water partition coefficient (Wildman–Crippen LogP) is 2.16. The Bertz CT molecular complexity index is 713. The number of amides is 1. The van der Waals surface area contributed by atoms with Gasteiger partial charge in [0, 0.05) is 45.2 Å². The molecule has 1 amide bonds. The first-order valence-electron chi connectivity index (χ1n) is 7.79. The molecule has 7 nitrogen and oxygen atoms in total. The third-order valence-electron chi connectivity index (χ3n) is 4.20. The molecular weight excluding hydrogens is 339 g/mol. The molecule has 0 aromatic carbocycles. The summed E-state index contributed by atoms with van der Waals surface area (Å²) in [7, 11) is 1.58. The van der Waals surface area contributed by atoms with E-state index in [4.69, 9.17) is 4.74 Å². The van der Waals surface area contributed by atoms with Gasteiger partial charge in [-0.15, -0.1) is 0 Å². The van der Waals surface area contributed by atoms with Crippen molar-refractivity contribution < 1.29 is 22.7 Å². The number of ether oxygens (including phenoxy) is 1. The summed E-state index contributed by atoms with van der Waals surface area (Å²) in [6, 6.07) is -0.272. The van der Waals surface area contributed by atoms with Crippen LogP contribution in [0.5, 0.6) is 0 Å². The van der Waals surface area contributed by atoms with Gasteiger partial charge in [0.05, 0.1) is 30.3 Å². The number of nitrogens with zero attached hydrogens (tertiary/aromatic N) is 4. The SMILES string of the molecule is CO[C@@H]1CC(c2ncc[nH]2)N(C(=O)c2cnn(CCC(F)(F)F)c2)C1. The number of halogens is 3. The van der Waals surface area contributed by atoms with Crippen LogP contribution in [-0.4, -0.2) is 56.5 Å². The monoisotopic (exact) mass is 357 g/mol. The molecule has 1 N–H and O–H groups in total. The Morgan fingerprint density at radius 2 is 2.28 bits per heavy atom. The van der Waals surface area contributed by atoms with Gasteiger partial charge in [-0.25, -0.2) is 4.98 Å². The van der Waals surface area contributed by atoms with E-state index in [-0.39, 0.29) is 30.2 Å². The molecule has 0 radical (unpaired) electrons. The lowest BCUT2D eigenvalue weighted by Crippen LogP contribution is -2.32. The van der Waals surface area contributed by atoms with Crippen molar-refractivity contribution in [2.75, 3.05) is 13.7 Å². The lowest BCUT2D eigenvalue weighted by molar-refractivity contribution is -0.137. The molecule has 3 rings (SSSR count). The maximum absolute atomic E-state index is 12.8. The molecule has 2 aromatic rings. The van der Waals surface area contributed by atoms with Crippen molar-refractivity contribution in [1.29, 1.82) is 0 Å². The van der Waals surface area contributed by atoms with Crippen LogP contribution in [0, 0.1) is 0 Å². The number of hydrogen-bond donors (Lipinski definition) is 1. The van der Waals surface area contributed by atoms with Crippen molar-refractivity contribution in [3.63, 3.8) is 0 Å². The number of aromatic amines is 1. The average Bonchev–Trinajstić information content (AvgIpc) is 3.30. The van der Waals surface area contributed by atoms with Crippen molar-refractivity contribution in [1.82, 2.24) is 24.6 Å². The zero-order valence-electron chi connectivity index (χ0n) is 13.5. The summed E-state index contributed by atoms with van der Waals surface area (Å²) in [5, 5.41) is 3.85. The number of methoxy groups -OCH3 is 1. The van der Waals surface area contributed by atoms with Gasteiger partial charge in [0.1, 0.15) is 5.82 Å². The quantitative estimate of drug-likeness (QED) is 0.890. The minimum Gasteiger partial charge on any atom is -0.380 e. The number of nitrogens with one attached hydrogen (secondary N) is 1. The van der Waals surface area contributed by atoms with Gasteiger partial charge in [0.15, 0.2) is 0 Å². The van der Waals surface area contributed by atoms with Crippen LogP contribution >= 0.6 is 0 Å². The highest BCUT2D eigenvalue weighted by molar-refractivity contribution is 5.94. The molecule has 1 unspecified atom stereocenters. The van der Waals surface area contributed by atoms with Gasteiger partial charge in [-0.1, -0.05) is 0 Å². The predicted molar refractivity (Wildman–Crippen MR) is 80.7 cm³/mol. The highest BCUT2D eigenvalue weighted by Gasteiger charge is 2.38. The molecule has 0 spiro atoms. The van der Waals surface area contributed by atoms with Gasteiger partial charge in [-0.2, -0.15) is 18.3 Å². The first-order valence-corrected chi connectivity index (χ1v) is 7.79. The first-order chi connectivity index (χ1) is 11.9. The molecule has 1 fully saturated rings. The van der Waals surface area contributed by atoms with E-state index in [9.17, 15) is 18.0 Å². The molecule has 0 saturated carbocycles. The maximum atomic E-state index is 12.8. The van der Waals surface area contributed by atoms with Crippen LogP contribution in [0.1, 0.15) is 35.1 Å². The summed E-state index contributed by atoms with van der Waals surface area (Å²) in [4.78, 5) is 21.6. The molecule has 0 bridgehead atoms. The van der Waals surface area contributed by atoms with Crippen LogP contribution in [-0.2, 0) is 11.3 Å². The number of carbonyl (C=O) groups is 1. The Hall–Kier alpha value is -2.36. The summed E-state index contributed by atoms with van der Waals surface area (Å²) >= 11 is 0. The number of rotatable bonds is 5. The highest BCUT2D eigenvalue weighted by atomic mass is 19.4. The van der Waals surface area contributed by atoms with Gasteiger partial charge in [0.2, 0.25) is 0 Å². The van der Waals surface area contributed by atoms with Crippen LogP contribution < -0.4 is 0 Å². The Kier molecular flexibility index (Phi) is 4.80. The Labute approximate surface area is 141 Å². The molecule has 2 aromatic heterocycles. The second-order valence-corrected chi connectivity index (χ2v) is 5.90. The van der Waals surface area contributed by atoms with E-state index in [0.717, 1.165) is 4.68 Å². The molecule has 0 aliphatic carbocycles. The van der Waals surface area contributed by atoms with E-state index in [1.165, 1.54) is 12.4 Å². The van der Waals surface area contributed by atoms with E-state index in [0.29, 0.717) is 18.8 Å². The summed E-state index contributed by atoms with van der Waals surface area (Å²) in [6.45, 7) is 0.0630. The lowest BCUT2D eigenvalue weighted by atomic mass is 10.2. The zero-order chi connectivity index (χ0) is 18.0. The number of hydrogen-bond acceptors (Lipinski definition) is 4. The van der Waals surface area contributed by atoms with Gasteiger partial charge in [0.25, 0.3) is 5.91 Å². The van der Waals surface area contributed by atoms with Gasteiger partial charge < -0.3 is 14.6 Å². The van der Waals surface area contributed by atoms with E-state index in [2.05, 4.69) is 15.1 Å². The maximum Gasteiger partial charge on any atom is 0.390 e. The zero-order valence-corrected chi connectivity index (χ0v) is 13.5. The van der Waals surface area contributed by atoms with E-state index in [1.807, 2.05) is 0 Å². The second kappa shape index (κ2) is 6.87. The fraction of sp³-hybridized carbons (Fsp3) is 0.533. The fourth-order valence-corrected chi connectivity index (χ4v) is 2.92. The number of aryl methyl sites for hydroxylation is 1. The molecule has 136 valence electrons. The highest BCUT2D eigenvalue weighted by Crippen LogP contribution is 2.32. The Morgan fingerprint density at radius 3 is 2.92 bits per heavy atom. The largest absolute Gasteiger partial charge is 0.390 e.